The summed E-state index contributed by atoms with van der Waals surface area (Å²) < 4.78 is 2.04. The highest BCUT2D eigenvalue weighted by Crippen LogP contribution is 2.16. The molecule has 0 aliphatic carbocycles. The maximum Gasteiger partial charge on any atom is 0.115 e. The highest BCUT2D eigenvalue weighted by Gasteiger charge is 2.06. The predicted octanol–water partition coefficient (Wildman–Crippen LogP) is 2.04. The SMILES string of the molecule is CC(C)c1ncc2ccc(N)cn12. The zero-order chi connectivity index (χ0) is 9.42. The van der Waals surface area contributed by atoms with Gasteiger partial charge < -0.3 is 10.1 Å². The molecule has 3 heteroatoms. The molecule has 0 aliphatic rings. The number of nitrogens with zero attached hydrogens (tertiary/aromatic N) is 2. The minimum atomic E-state index is 0.421. The Morgan fingerprint density at radius 1 is 1.38 bits per heavy atom. The Balaban J connectivity index is 2.71. The van der Waals surface area contributed by atoms with Crippen LogP contribution < -0.4 is 5.73 Å². The van der Waals surface area contributed by atoms with Crippen molar-refractivity contribution in [2.24, 2.45) is 0 Å². The topological polar surface area (TPSA) is 43.3 Å². The van der Waals surface area contributed by atoms with E-state index in [4.69, 9.17) is 5.73 Å². The standard InChI is InChI=1S/C10H13N3/c1-7(2)10-12-5-9-4-3-8(11)6-13(9)10/h3-7H,11H2,1-2H3. The number of hydrogen-bond acceptors (Lipinski definition) is 2. The highest BCUT2D eigenvalue weighted by molar-refractivity contribution is 5.52. The van der Waals surface area contributed by atoms with Crippen LogP contribution in [0.5, 0.6) is 0 Å². The van der Waals surface area contributed by atoms with Gasteiger partial charge in [-0.1, -0.05) is 13.8 Å². The molecule has 0 saturated heterocycles. The van der Waals surface area contributed by atoms with Gasteiger partial charge in [0.2, 0.25) is 0 Å². The van der Waals surface area contributed by atoms with Gasteiger partial charge in [-0.05, 0) is 12.1 Å². The van der Waals surface area contributed by atoms with Gasteiger partial charge in [0.05, 0.1) is 11.7 Å². The third kappa shape index (κ3) is 1.26. The molecule has 2 N–H and O–H groups in total. The summed E-state index contributed by atoms with van der Waals surface area (Å²) >= 11 is 0. The average molecular weight is 175 g/mol. The highest BCUT2D eigenvalue weighted by atomic mass is 15.0. The zero-order valence-electron chi connectivity index (χ0n) is 7.86. The molecule has 0 saturated carbocycles. The molecule has 0 aliphatic heterocycles. The number of anilines is 1. The van der Waals surface area contributed by atoms with Gasteiger partial charge in [0.15, 0.2) is 0 Å². The quantitative estimate of drug-likeness (QED) is 0.720. The summed E-state index contributed by atoms with van der Waals surface area (Å²) in [5.41, 5.74) is 7.57. The molecule has 2 rings (SSSR count). The first-order valence-electron chi connectivity index (χ1n) is 4.41. The molecule has 0 fully saturated rings. The van der Waals surface area contributed by atoms with Crippen molar-refractivity contribution < 1.29 is 0 Å². The molecule has 0 aromatic carbocycles. The number of nitrogens with two attached hydrogens (primary N) is 1. The third-order valence-corrected chi connectivity index (χ3v) is 2.10. The summed E-state index contributed by atoms with van der Waals surface area (Å²) in [6, 6.07) is 3.87. The molecule has 0 radical (unpaired) electrons. The summed E-state index contributed by atoms with van der Waals surface area (Å²) in [5, 5.41) is 0. The van der Waals surface area contributed by atoms with Gasteiger partial charge in [-0.3, -0.25) is 0 Å². The summed E-state index contributed by atoms with van der Waals surface area (Å²) in [6.45, 7) is 4.25. The van der Waals surface area contributed by atoms with Crippen molar-refractivity contribution in [3.63, 3.8) is 0 Å². The van der Waals surface area contributed by atoms with Crippen molar-refractivity contribution in [3.8, 4) is 0 Å². The summed E-state index contributed by atoms with van der Waals surface area (Å²) in [5.74, 6) is 1.48. The average Bonchev–Trinajstić information content (AvgIpc) is 2.46. The van der Waals surface area contributed by atoms with Crippen molar-refractivity contribution in [3.05, 3.63) is 30.4 Å². The van der Waals surface area contributed by atoms with Gasteiger partial charge in [0.25, 0.3) is 0 Å². The first-order valence-corrected chi connectivity index (χ1v) is 4.41. The largest absolute Gasteiger partial charge is 0.398 e. The lowest BCUT2D eigenvalue weighted by atomic mass is 10.2. The maximum atomic E-state index is 5.70. The van der Waals surface area contributed by atoms with Gasteiger partial charge >= 0.3 is 0 Å². The maximum absolute atomic E-state index is 5.70. The molecule has 0 unspecified atom stereocenters. The molecule has 68 valence electrons. The van der Waals surface area contributed by atoms with E-state index in [9.17, 15) is 0 Å². The predicted molar refractivity (Wildman–Crippen MR) is 53.7 cm³/mol. The Hall–Kier alpha value is -1.51. The van der Waals surface area contributed by atoms with Crippen LogP contribution in [0.2, 0.25) is 0 Å². The minimum absolute atomic E-state index is 0.421. The van der Waals surface area contributed by atoms with Crippen molar-refractivity contribution in [2.45, 2.75) is 19.8 Å². The second kappa shape index (κ2) is 2.76. The first-order chi connectivity index (χ1) is 6.18. The van der Waals surface area contributed by atoms with Crippen LogP contribution in [0.4, 0.5) is 5.69 Å². The van der Waals surface area contributed by atoms with Crippen LogP contribution in [0.25, 0.3) is 5.52 Å². The number of aromatic nitrogens is 2. The number of fused-ring (bicyclic) bond motifs is 1. The Bertz CT molecular complexity index is 429. The lowest BCUT2D eigenvalue weighted by Crippen LogP contribution is -1.98. The second-order valence-corrected chi connectivity index (χ2v) is 3.53. The van der Waals surface area contributed by atoms with Gasteiger partial charge in [-0.15, -0.1) is 0 Å². The monoisotopic (exact) mass is 175 g/mol. The van der Waals surface area contributed by atoms with Crippen molar-refractivity contribution >= 4 is 11.2 Å². The molecule has 0 amide bonds. The van der Waals surface area contributed by atoms with Crippen molar-refractivity contribution in [1.82, 2.24) is 9.38 Å². The number of rotatable bonds is 1. The van der Waals surface area contributed by atoms with Crippen LogP contribution in [0.1, 0.15) is 25.6 Å². The molecule has 13 heavy (non-hydrogen) atoms. The van der Waals surface area contributed by atoms with Crippen LogP contribution in [0.3, 0.4) is 0 Å². The lowest BCUT2D eigenvalue weighted by molar-refractivity contribution is 0.771. The lowest BCUT2D eigenvalue weighted by Gasteiger charge is -2.04. The molecular weight excluding hydrogens is 162 g/mol. The number of hydrogen-bond donors (Lipinski definition) is 1. The van der Waals surface area contributed by atoms with E-state index in [0.29, 0.717) is 5.92 Å². The second-order valence-electron chi connectivity index (χ2n) is 3.53. The molecule has 0 bridgehead atoms. The van der Waals surface area contributed by atoms with Gasteiger partial charge in [-0.2, -0.15) is 0 Å². The molecule has 3 nitrogen and oxygen atoms in total. The smallest absolute Gasteiger partial charge is 0.115 e. The van der Waals surface area contributed by atoms with Crippen molar-refractivity contribution in [1.29, 1.82) is 0 Å². The van der Waals surface area contributed by atoms with Gasteiger partial charge in [0, 0.05) is 17.8 Å². The normalized spacial score (nSPS) is 11.3. The van der Waals surface area contributed by atoms with E-state index in [-0.39, 0.29) is 0 Å². The Morgan fingerprint density at radius 2 is 2.15 bits per heavy atom. The van der Waals surface area contributed by atoms with Crippen LogP contribution in [-0.4, -0.2) is 9.38 Å². The summed E-state index contributed by atoms with van der Waals surface area (Å²) in [6.07, 6.45) is 3.78. The molecule has 0 spiro atoms. The zero-order valence-corrected chi connectivity index (χ0v) is 7.86. The van der Waals surface area contributed by atoms with Gasteiger partial charge in [-0.25, -0.2) is 4.98 Å². The van der Waals surface area contributed by atoms with E-state index in [1.807, 2.05) is 28.9 Å². The van der Waals surface area contributed by atoms with E-state index in [2.05, 4.69) is 18.8 Å². The summed E-state index contributed by atoms with van der Waals surface area (Å²) in [4.78, 5) is 4.34. The Kier molecular flexibility index (Phi) is 1.72. The fourth-order valence-electron chi connectivity index (χ4n) is 1.45. The van der Waals surface area contributed by atoms with Crippen LogP contribution in [0.15, 0.2) is 24.5 Å². The number of imidazole rings is 1. The molecule has 2 aromatic rings. The van der Waals surface area contributed by atoms with E-state index >= 15 is 0 Å². The summed E-state index contributed by atoms with van der Waals surface area (Å²) in [7, 11) is 0. The fourth-order valence-corrected chi connectivity index (χ4v) is 1.45. The van der Waals surface area contributed by atoms with Crippen LogP contribution in [0, 0.1) is 0 Å². The Morgan fingerprint density at radius 3 is 2.85 bits per heavy atom. The minimum Gasteiger partial charge on any atom is -0.398 e. The first kappa shape index (κ1) is 8.10. The third-order valence-electron chi connectivity index (χ3n) is 2.10. The van der Waals surface area contributed by atoms with Crippen LogP contribution >= 0.6 is 0 Å². The Labute approximate surface area is 77.2 Å². The van der Waals surface area contributed by atoms with E-state index in [1.54, 1.807) is 0 Å². The molecule has 0 atom stereocenters. The van der Waals surface area contributed by atoms with E-state index < -0.39 is 0 Å². The van der Waals surface area contributed by atoms with Crippen LogP contribution in [-0.2, 0) is 0 Å². The molecule has 2 heterocycles. The molecular formula is C10H13N3. The van der Waals surface area contributed by atoms with E-state index in [0.717, 1.165) is 17.0 Å². The molecule has 2 aromatic heterocycles. The number of nitrogen functional groups attached to an aromatic ring is 1. The van der Waals surface area contributed by atoms with Crippen molar-refractivity contribution in [2.75, 3.05) is 5.73 Å². The number of pyridine rings is 1. The van der Waals surface area contributed by atoms with Gasteiger partial charge in [0.1, 0.15) is 5.82 Å². The fraction of sp³-hybridized carbons (Fsp3) is 0.300. The van der Waals surface area contributed by atoms with E-state index in [1.165, 1.54) is 0 Å².